The van der Waals surface area contributed by atoms with Crippen LogP contribution >= 0.6 is 0 Å². The number of benzene rings is 1. The van der Waals surface area contributed by atoms with Crippen LogP contribution in [0.1, 0.15) is 29.9 Å². The van der Waals surface area contributed by atoms with E-state index in [9.17, 15) is 10.1 Å². The van der Waals surface area contributed by atoms with Gasteiger partial charge < -0.3 is 0 Å². The summed E-state index contributed by atoms with van der Waals surface area (Å²) in [6, 6.07) is 15.6. The molecule has 0 saturated carbocycles. The van der Waals surface area contributed by atoms with E-state index in [2.05, 4.69) is 23.2 Å². The number of Topliss-reactive ketones (excluding diaryl/α,β-unsaturated/α-hetero) is 1. The first-order chi connectivity index (χ1) is 9.81. The standard InChI is InChI=1S/C17H16N2O/c18-13-16(15-9-11-19-12-10-15)17(20)8-4-7-14-5-2-1-3-6-14/h1-3,5-6,9-12,16H,4,7-8H2. The van der Waals surface area contributed by atoms with Crippen molar-refractivity contribution in [3.05, 3.63) is 66.0 Å². The van der Waals surface area contributed by atoms with E-state index >= 15 is 0 Å². The maximum Gasteiger partial charge on any atom is 0.154 e. The minimum absolute atomic E-state index is 0.0189. The van der Waals surface area contributed by atoms with Gasteiger partial charge in [0.1, 0.15) is 5.92 Å². The molecule has 2 rings (SSSR count). The summed E-state index contributed by atoms with van der Waals surface area (Å²) in [6.07, 6.45) is 5.27. The van der Waals surface area contributed by atoms with Crippen LogP contribution in [0.25, 0.3) is 0 Å². The van der Waals surface area contributed by atoms with Crippen molar-refractivity contribution < 1.29 is 4.79 Å². The van der Waals surface area contributed by atoms with Crippen molar-refractivity contribution in [3.63, 3.8) is 0 Å². The van der Waals surface area contributed by atoms with Gasteiger partial charge in [-0.1, -0.05) is 30.3 Å². The fraction of sp³-hybridized carbons (Fsp3) is 0.235. The van der Waals surface area contributed by atoms with Gasteiger partial charge in [-0.2, -0.15) is 5.26 Å². The molecule has 0 bridgehead atoms. The molecular formula is C17H16N2O. The molecule has 0 fully saturated rings. The van der Waals surface area contributed by atoms with E-state index in [4.69, 9.17) is 0 Å². The third kappa shape index (κ3) is 3.76. The molecule has 1 atom stereocenters. The molecule has 0 radical (unpaired) electrons. The molecule has 20 heavy (non-hydrogen) atoms. The maximum atomic E-state index is 12.1. The van der Waals surface area contributed by atoms with Crippen molar-refractivity contribution in [2.24, 2.45) is 0 Å². The number of pyridine rings is 1. The Hall–Kier alpha value is -2.47. The quantitative estimate of drug-likeness (QED) is 0.804. The van der Waals surface area contributed by atoms with E-state index in [-0.39, 0.29) is 5.78 Å². The molecule has 100 valence electrons. The zero-order valence-corrected chi connectivity index (χ0v) is 11.2. The summed E-state index contributed by atoms with van der Waals surface area (Å²) in [7, 11) is 0. The van der Waals surface area contributed by atoms with Crippen molar-refractivity contribution in [1.82, 2.24) is 4.98 Å². The van der Waals surface area contributed by atoms with Crippen LogP contribution < -0.4 is 0 Å². The first kappa shape index (κ1) is 14.0. The number of carbonyl (C=O) groups excluding carboxylic acids is 1. The first-order valence-electron chi connectivity index (χ1n) is 6.67. The first-order valence-corrected chi connectivity index (χ1v) is 6.67. The highest BCUT2D eigenvalue weighted by atomic mass is 16.1. The van der Waals surface area contributed by atoms with Crippen LogP contribution in [0, 0.1) is 11.3 Å². The van der Waals surface area contributed by atoms with Gasteiger partial charge in [-0.05, 0) is 36.1 Å². The maximum absolute atomic E-state index is 12.1. The Labute approximate surface area is 118 Å². The van der Waals surface area contributed by atoms with Crippen molar-refractivity contribution in [2.75, 3.05) is 0 Å². The lowest BCUT2D eigenvalue weighted by Crippen LogP contribution is -2.11. The summed E-state index contributed by atoms with van der Waals surface area (Å²) in [5.41, 5.74) is 1.95. The minimum atomic E-state index is -0.672. The number of ketones is 1. The molecule has 0 aliphatic rings. The molecule has 0 aliphatic heterocycles. The Balaban J connectivity index is 1.89. The van der Waals surface area contributed by atoms with E-state index in [1.165, 1.54) is 5.56 Å². The van der Waals surface area contributed by atoms with Gasteiger partial charge in [-0.25, -0.2) is 0 Å². The summed E-state index contributed by atoms with van der Waals surface area (Å²) < 4.78 is 0. The molecule has 1 aromatic heterocycles. The van der Waals surface area contributed by atoms with Crippen molar-refractivity contribution in [3.8, 4) is 6.07 Å². The van der Waals surface area contributed by atoms with Gasteiger partial charge in [0, 0.05) is 18.8 Å². The predicted molar refractivity (Wildman–Crippen MR) is 77.0 cm³/mol. The van der Waals surface area contributed by atoms with E-state index in [0.29, 0.717) is 6.42 Å². The van der Waals surface area contributed by atoms with Gasteiger partial charge in [-0.3, -0.25) is 9.78 Å². The van der Waals surface area contributed by atoms with E-state index in [0.717, 1.165) is 18.4 Å². The summed E-state index contributed by atoms with van der Waals surface area (Å²) in [5.74, 6) is -0.691. The van der Waals surface area contributed by atoms with Crippen molar-refractivity contribution in [1.29, 1.82) is 5.26 Å². The van der Waals surface area contributed by atoms with Crippen LogP contribution in [0.15, 0.2) is 54.9 Å². The number of rotatable bonds is 6. The summed E-state index contributed by atoms with van der Waals surface area (Å²) in [6.45, 7) is 0. The highest BCUT2D eigenvalue weighted by Crippen LogP contribution is 2.18. The van der Waals surface area contributed by atoms with Crippen molar-refractivity contribution in [2.45, 2.75) is 25.2 Å². The number of carbonyl (C=O) groups is 1. The van der Waals surface area contributed by atoms with Gasteiger partial charge >= 0.3 is 0 Å². The van der Waals surface area contributed by atoms with Crippen LogP contribution in [-0.4, -0.2) is 10.8 Å². The molecule has 3 heteroatoms. The second kappa shape index (κ2) is 7.20. The van der Waals surface area contributed by atoms with Crippen LogP contribution in [0.3, 0.4) is 0 Å². The average molecular weight is 264 g/mol. The van der Waals surface area contributed by atoms with Gasteiger partial charge in [0.25, 0.3) is 0 Å². The number of hydrogen-bond acceptors (Lipinski definition) is 3. The fourth-order valence-electron chi connectivity index (χ4n) is 2.14. The molecule has 3 nitrogen and oxygen atoms in total. The molecule has 0 amide bonds. The van der Waals surface area contributed by atoms with Crippen LogP contribution in [0.4, 0.5) is 0 Å². The monoisotopic (exact) mass is 264 g/mol. The van der Waals surface area contributed by atoms with E-state index < -0.39 is 5.92 Å². The number of nitrogens with zero attached hydrogens (tertiary/aromatic N) is 2. The molecule has 1 unspecified atom stereocenters. The molecule has 1 aromatic carbocycles. The predicted octanol–water partition coefficient (Wildman–Crippen LogP) is 3.28. The number of aryl methyl sites for hydroxylation is 1. The Morgan fingerprint density at radius 3 is 2.50 bits per heavy atom. The Bertz CT molecular complexity index is 587. The van der Waals surface area contributed by atoms with Gasteiger partial charge in [-0.15, -0.1) is 0 Å². The number of aromatic nitrogens is 1. The molecule has 0 N–H and O–H groups in total. The van der Waals surface area contributed by atoms with Crippen LogP contribution in [-0.2, 0) is 11.2 Å². The topological polar surface area (TPSA) is 53.8 Å². The normalized spacial score (nSPS) is 11.6. The number of nitriles is 1. The lowest BCUT2D eigenvalue weighted by molar-refractivity contribution is -0.119. The van der Waals surface area contributed by atoms with Gasteiger partial charge in [0.15, 0.2) is 5.78 Å². The largest absolute Gasteiger partial charge is 0.298 e. The SMILES string of the molecule is N#CC(C(=O)CCCc1ccccc1)c1ccncc1. The minimum Gasteiger partial charge on any atom is -0.298 e. The fourth-order valence-corrected chi connectivity index (χ4v) is 2.14. The van der Waals surface area contributed by atoms with Crippen LogP contribution in [0.2, 0.25) is 0 Å². The Morgan fingerprint density at radius 2 is 1.85 bits per heavy atom. The smallest absolute Gasteiger partial charge is 0.154 e. The second-order valence-electron chi connectivity index (χ2n) is 4.65. The molecule has 0 aliphatic carbocycles. The molecule has 0 spiro atoms. The third-order valence-corrected chi connectivity index (χ3v) is 3.22. The summed E-state index contributed by atoms with van der Waals surface area (Å²) in [4.78, 5) is 16.0. The van der Waals surface area contributed by atoms with Crippen molar-refractivity contribution >= 4 is 5.78 Å². The summed E-state index contributed by atoms with van der Waals surface area (Å²) >= 11 is 0. The highest BCUT2D eigenvalue weighted by molar-refractivity contribution is 5.88. The zero-order chi connectivity index (χ0) is 14.2. The zero-order valence-electron chi connectivity index (χ0n) is 11.2. The third-order valence-electron chi connectivity index (χ3n) is 3.22. The van der Waals surface area contributed by atoms with E-state index in [1.54, 1.807) is 24.5 Å². The van der Waals surface area contributed by atoms with E-state index in [1.807, 2.05) is 18.2 Å². The molecule has 0 saturated heterocycles. The average Bonchev–Trinajstić information content (AvgIpc) is 2.50. The molecule has 1 heterocycles. The lowest BCUT2D eigenvalue weighted by Gasteiger charge is -2.08. The highest BCUT2D eigenvalue weighted by Gasteiger charge is 2.19. The molecular weight excluding hydrogens is 248 g/mol. The Morgan fingerprint density at radius 1 is 1.15 bits per heavy atom. The van der Waals surface area contributed by atoms with Crippen LogP contribution in [0.5, 0.6) is 0 Å². The van der Waals surface area contributed by atoms with Gasteiger partial charge in [0.05, 0.1) is 6.07 Å². The van der Waals surface area contributed by atoms with Gasteiger partial charge in [0.2, 0.25) is 0 Å². The molecule has 2 aromatic rings. The Kier molecular flexibility index (Phi) is 5.02. The second-order valence-corrected chi connectivity index (χ2v) is 4.65. The lowest BCUT2D eigenvalue weighted by atomic mass is 9.93. The number of hydrogen-bond donors (Lipinski definition) is 0. The summed E-state index contributed by atoms with van der Waals surface area (Å²) in [5, 5.41) is 9.18.